The van der Waals surface area contributed by atoms with Crippen molar-refractivity contribution < 1.29 is 4.39 Å². The van der Waals surface area contributed by atoms with E-state index in [1.807, 2.05) is 36.6 Å². The van der Waals surface area contributed by atoms with Crippen molar-refractivity contribution in [3.8, 4) is 0 Å². The van der Waals surface area contributed by atoms with E-state index in [2.05, 4.69) is 6.07 Å². The molecule has 0 saturated carbocycles. The highest BCUT2D eigenvalue weighted by Gasteiger charge is 2.15. The Hall–Kier alpha value is -1.15. The lowest BCUT2D eigenvalue weighted by Crippen LogP contribution is -1.94. The molecule has 1 aromatic heterocycles. The van der Waals surface area contributed by atoms with E-state index >= 15 is 0 Å². The summed E-state index contributed by atoms with van der Waals surface area (Å²) in [5.74, 6) is 0. The van der Waals surface area contributed by atoms with Crippen molar-refractivity contribution in [2.45, 2.75) is 13.1 Å². The maximum Gasteiger partial charge on any atom is 0.160 e. The second kappa shape index (κ2) is 3.93. The van der Waals surface area contributed by atoms with Crippen molar-refractivity contribution in [1.29, 1.82) is 0 Å². The lowest BCUT2D eigenvalue weighted by atomic mass is 10.0. The number of halogens is 1. The lowest BCUT2D eigenvalue weighted by Gasteiger charge is -2.08. The zero-order chi connectivity index (χ0) is 9.97. The van der Waals surface area contributed by atoms with Gasteiger partial charge in [-0.25, -0.2) is 4.39 Å². The lowest BCUT2D eigenvalue weighted by molar-refractivity contribution is 0.406. The van der Waals surface area contributed by atoms with E-state index in [0.717, 1.165) is 10.4 Å². The molecule has 0 aliphatic rings. The molecular weight excluding hydrogens is 195 g/mol. The molecular formula is C12H10FS. The summed E-state index contributed by atoms with van der Waals surface area (Å²) in [4.78, 5) is 0.746. The number of benzene rings is 1. The van der Waals surface area contributed by atoms with Crippen LogP contribution < -0.4 is 0 Å². The monoisotopic (exact) mass is 205 g/mol. The van der Waals surface area contributed by atoms with E-state index in [-0.39, 0.29) is 0 Å². The molecule has 0 aliphatic heterocycles. The first kappa shape index (κ1) is 9.41. The molecule has 1 atom stereocenters. The highest BCUT2D eigenvalue weighted by Crippen LogP contribution is 2.30. The highest BCUT2D eigenvalue weighted by atomic mass is 32.1. The summed E-state index contributed by atoms with van der Waals surface area (Å²) < 4.78 is 13.9. The summed E-state index contributed by atoms with van der Waals surface area (Å²) in [6.07, 6.45) is -1.03. The van der Waals surface area contributed by atoms with E-state index in [9.17, 15) is 4.39 Å². The van der Waals surface area contributed by atoms with Gasteiger partial charge in [-0.1, -0.05) is 24.3 Å². The molecule has 14 heavy (non-hydrogen) atoms. The Morgan fingerprint density at radius 2 is 2.21 bits per heavy atom. The number of alkyl halides is 1. The molecule has 0 spiro atoms. The van der Waals surface area contributed by atoms with Crippen LogP contribution in [0.2, 0.25) is 0 Å². The molecule has 0 aliphatic carbocycles. The Balaban J connectivity index is 2.37. The van der Waals surface area contributed by atoms with E-state index in [1.54, 1.807) is 6.07 Å². The molecule has 2 aromatic rings. The Bertz CT molecular complexity index is 406. The SMILES string of the molecule is Cc1ccc[c]c1C(F)c1cccs1. The Morgan fingerprint density at radius 1 is 1.36 bits per heavy atom. The Morgan fingerprint density at radius 3 is 2.86 bits per heavy atom. The van der Waals surface area contributed by atoms with Crippen LogP contribution in [0.1, 0.15) is 22.2 Å². The van der Waals surface area contributed by atoms with E-state index in [1.165, 1.54) is 11.3 Å². The average Bonchev–Trinajstić information content (AvgIpc) is 2.70. The van der Waals surface area contributed by atoms with E-state index in [4.69, 9.17) is 0 Å². The molecule has 0 amide bonds. The second-order valence-corrected chi connectivity index (χ2v) is 4.12. The van der Waals surface area contributed by atoms with E-state index in [0.29, 0.717) is 5.56 Å². The second-order valence-electron chi connectivity index (χ2n) is 3.14. The topological polar surface area (TPSA) is 0 Å². The third-order valence-corrected chi connectivity index (χ3v) is 3.06. The van der Waals surface area contributed by atoms with Crippen LogP contribution in [0.4, 0.5) is 4.39 Å². The average molecular weight is 205 g/mol. The Kier molecular flexibility index (Phi) is 2.64. The van der Waals surface area contributed by atoms with Crippen molar-refractivity contribution in [3.05, 3.63) is 57.8 Å². The van der Waals surface area contributed by atoms with Crippen LogP contribution in [-0.2, 0) is 0 Å². The predicted octanol–water partition coefficient (Wildman–Crippen LogP) is 3.92. The fourth-order valence-electron chi connectivity index (χ4n) is 1.38. The van der Waals surface area contributed by atoms with Gasteiger partial charge in [-0.15, -0.1) is 11.3 Å². The maximum atomic E-state index is 13.9. The van der Waals surface area contributed by atoms with Crippen molar-refractivity contribution in [2.75, 3.05) is 0 Å². The molecule has 1 radical (unpaired) electrons. The minimum Gasteiger partial charge on any atom is -0.236 e. The minimum atomic E-state index is -1.03. The molecule has 0 fully saturated rings. The fraction of sp³-hybridized carbons (Fsp3) is 0.167. The summed E-state index contributed by atoms with van der Waals surface area (Å²) in [6.45, 7) is 1.91. The summed E-state index contributed by atoms with van der Waals surface area (Å²) in [5.41, 5.74) is 1.60. The minimum absolute atomic E-state index is 0.648. The van der Waals surface area contributed by atoms with E-state index < -0.39 is 6.17 Å². The first-order valence-corrected chi connectivity index (χ1v) is 5.31. The molecule has 0 nitrogen and oxygen atoms in total. The summed E-state index contributed by atoms with van der Waals surface area (Å²) in [6, 6.07) is 12.2. The fourth-order valence-corrected chi connectivity index (χ4v) is 2.09. The summed E-state index contributed by atoms with van der Waals surface area (Å²) in [7, 11) is 0. The highest BCUT2D eigenvalue weighted by molar-refractivity contribution is 7.10. The van der Waals surface area contributed by atoms with Gasteiger partial charge in [0.1, 0.15) is 0 Å². The number of hydrogen-bond donors (Lipinski definition) is 0. The van der Waals surface area contributed by atoms with Gasteiger partial charge in [0, 0.05) is 10.4 Å². The largest absolute Gasteiger partial charge is 0.236 e. The van der Waals surface area contributed by atoms with Gasteiger partial charge in [-0.2, -0.15) is 0 Å². The number of hydrogen-bond acceptors (Lipinski definition) is 1. The van der Waals surface area contributed by atoms with Gasteiger partial charge in [-0.3, -0.25) is 0 Å². The van der Waals surface area contributed by atoms with Crippen LogP contribution >= 0.6 is 11.3 Å². The summed E-state index contributed by atoms with van der Waals surface area (Å²) >= 11 is 1.44. The smallest absolute Gasteiger partial charge is 0.160 e. The molecule has 71 valence electrons. The summed E-state index contributed by atoms with van der Waals surface area (Å²) in [5, 5.41) is 1.89. The zero-order valence-electron chi connectivity index (χ0n) is 7.83. The maximum absolute atomic E-state index is 13.9. The van der Waals surface area contributed by atoms with Crippen LogP contribution in [-0.4, -0.2) is 0 Å². The third kappa shape index (κ3) is 1.70. The van der Waals surface area contributed by atoms with Gasteiger partial charge in [0.2, 0.25) is 0 Å². The molecule has 0 saturated heterocycles. The van der Waals surface area contributed by atoms with Crippen LogP contribution in [0.15, 0.2) is 35.7 Å². The molecule has 1 unspecified atom stereocenters. The number of rotatable bonds is 2. The first-order valence-electron chi connectivity index (χ1n) is 4.43. The zero-order valence-corrected chi connectivity index (χ0v) is 8.64. The van der Waals surface area contributed by atoms with Crippen molar-refractivity contribution >= 4 is 11.3 Å². The molecule has 0 bridgehead atoms. The van der Waals surface area contributed by atoms with Gasteiger partial charge in [-0.05, 0) is 30.0 Å². The van der Waals surface area contributed by atoms with Crippen molar-refractivity contribution in [3.63, 3.8) is 0 Å². The molecule has 1 heterocycles. The van der Waals surface area contributed by atoms with Crippen molar-refractivity contribution in [2.24, 2.45) is 0 Å². The van der Waals surface area contributed by atoms with Crippen LogP contribution in [0, 0.1) is 13.0 Å². The van der Waals surface area contributed by atoms with Gasteiger partial charge in [0.05, 0.1) is 0 Å². The Labute approximate surface area is 87.0 Å². The quantitative estimate of drug-likeness (QED) is 0.697. The number of aryl methyl sites for hydroxylation is 1. The van der Waals surface area contributed by atoms with Crippen LogP contribution in [0.25, 0.3) is 0 Å². The predicted molar refractivity (Wildman–Crippen MR) is 57.3 cm³/mol. The first-order chi connectivity index (χ1) is 6.79. The standard InChI is InChI=1S/C12H10FS/c1-9-5-2-3-6-10(9)12(13)11-7-4-8-14-11/h2-5,7-8,12H,1H3. The molecule has 0 N–H and O–H groups in total. The van der Waals surface area contributed by atoms with Crippen LogP contribution in [0.5, 0.6) is 0 Å². The van der Waals surface area contributed by atoms with Gasteiger partial charge in [0.15, 0.2) is 6.17 Å². The molecule has 2 rings (SSSR count). The van der Waals surface area contributed by atoms with Crippen molar-refractivity contribution in [1.82, 2.24) is 0 Å². The number of thiophene rings is 1. The molecule has 2 heteroatoms. The van der Waals surface area contributed by atoms with Gasteiger partial charge < -0.3 is 0 Å². The van der Waals surface area contributed by atoms with Gasteiger partial charge >= 0.3 is 0 Å². The molecule has 1 aromatic carbocycles. The normalized spacial score (nSPS) is 12.7. The van der Waals surface area contributed by atoms with Gasteiger partial charge in [0.25, 0.3) is 0 Å². The van der Waals surface area contributed by atoms with Crippen LogP contribution in [0.3, 0.4) is 0 Å². The third-order valence-electron chi connectivity index (χ3n) is 2.15.